The molecule has 1 aliphatic heterocycles. The van der Waals surface area contributed by atoms with Crippen LogP contribution in [-0.4, -0.2) is 24.0 Å². The second-order valence-corrected chi connectivity index (χ2v) is 5.81. The van der Waals surface area contributed by atoms with E-state index in [0.29, 0.717) is 12.1 Å². The lowest BCUT2D eigenvalue weighted by atomic mass is 9.94. The summed E-state index contributed by atoms with van der Waals surface area (Å²) in [7, 11) is 0. The van der Waals surface area contributed by atoms with Gasteiger partial charge in [-0.25, -0.2) is 0 Å². The summed E-state index contributed by atoms with van der Waals surface area (Å²) in [4.78, 5) is 2.62. The van der Waals surface area contributed by atoms with E-state index in [1.54, 1.807) is 11.1 Å². The molecule has 3 rings (SSSR count). The van der Waals surface area contributed by atoms with E-state index in [0.717, 1.165) is 12.5 Å². The van der Waals surface area contributed by atoms with Crippen molar-refractivity contribution < 1.29 is 0 Å². The Morgan fingerprint density at radius 3 is 2.88 bits per heavy atom. The maximum Gasteiger partial charge on any atom is 0.0354 e. The monoisotopic (exact) mass is 230 g/mol. The Morgan fingerprint density at radius 2 is 2.06 bits per heavy atom. The van der Waals surface area contributed by atoms with Crippen LogP contribution in [-0.2, 0) is 6.42 Å². The van der Waals surface area contributed by atoms with E-state index in [9.17, 15) is 0 Å². The number of nitrogens with zero attached hydrogens (tertiary/aromatic N) is 1. The molecular weight excluding hydrogens is 208 g/mol. The van der Waals surface area contributed by atoms with Crippen molar-refractivity contribution in [3.05, 3.63) is 35.4 Å². The minimum absolute atomic E-state index is 0.367. The van der Waals surface area contributed by atoms with Crippen LogP contribution in [0.25, 0.3) is 0 Å². The fourth-order valence-electron chi connectivity index (χ4n) is 3.61. The lowest BCUT2D eigenvalue weighted by molar-refractivity contribution is 0.115. The summed E-state index contributed by atoms with van der Waals surface area (Å²) in [5.74, 6) is 0.742. The normalized spacial score (nSPS) is 33.6. The molecular formula is C15H22N2. The molecule has 1 aromatic rings. The van der Waals surface area contributed by atoms with Gasteiger partial charge in [0.05, 0.1) is 0 Å². The van der Waals surface area contributed by atoms with E-state index in [4.69, 9.17) is 5.73 Å². The summed E-state index contributed by atoms with van der Waals surface area (Å²) in [5.41, 5.74) is 9.26. The minimum atomic E-state index is 0.367. The molecule has 17 heavy (non-hydrogen) atoms. The average Bonchev–Trinajstić information content (AvgIpc) is 2.71. The molecule has 0 spiro atoms. The fraction of sp³-hybridized carbons (Fsp3) is 0.600. The van der Waals surface area contributed by atoms with Gasteiger partial charge in [0.15, 0.2) is 0 Å². The van der Waals surface area contributed by atoms with E-state index in [2.05, 4.69) is 36.1 Å². The molecule has 92 valence electrons. The summed E-state index contributed by atoms with van der Waals surface area (Å²) >= 11 is 0. The molecule has 0 saturated carbocycles. The lowest BCUT2D eigenvalue weighted by Crippen LogP contribution is -2.47. The van der Waals surface area contributed by atoms with Crippen LogP contribution in [0.1, 0.15) is 36.9 Å². The fourth-order valence-corrected chi connectivity index (χ4v) is 3.61. The van der Waals surface area contributed by atoms with Gasteiger partial charge in [0.2, 0.25) is 0 Å². The van der Waals surface area contributed by atoms with E-state index in [-0.39, 0.29) is 0 Å². The van der Waals surface area contributed by atoms with Crippen molar-refractivity contribution in [2.24, 2.45) is 11.7 Å². The third kappa shape index (κ3) is 2.12. The molecule has 1 fully saturated rings. The lowest BCUT2D eigenvalue weighted by Gasteiger charge is -2.39. The summed E-state index contributed by atoms with van der Waals surface area (Å²) in [6.07, 6.45) is 3.70. The van der Waals surface area contributed by atoms with Crippen LogP contribution in [0, 0.1) is 5.92 Å². The average molecular weight is 230 g/mol. The predicted octanol–water partition coefficient (Wildman–Crippen LogP) is 2.34. The van der Waals surface area contributed by atoms with Gasteiger partial charge in [0, 0.05) is 25.2 Å². The van der Waals surface area contributed by atoms with Crippen molar-refractivity contribution in [3.8, 4) is 0 Å². The van der Waals surface area contributed by atoms with E-state index in [1.165, 1.54) is 25.8 Å². The van der Waals surface area contributed by atoms with Crippen LogP contribution < -0.4 is 5.73 Å². The first-order chi connectivity index (χ1) is 8.24. The van der Waals surface area contributed by atoms with Gasteiger partial charge in [0.1, 0.15) is 0 Å². The second kappa shape index (κ2) is 4.43. The molecule has 1 heterocycles. The van der Waals surface area contributed by atoms with Gasteiger partial charge in [0.25, 0.3) is 0 Å². The Bertz CT molecular complexity index is 392. The molecule has 0 amide bonds. The SMILES string of the molecule is CC1CC(N)CN(C2CCc3ccccc32)C1. The highest BCUT2D eigenvalue weighted by atomic mass is 15.2. The molecule has 0 radical (unpaired) electrons. The largest absolute Gasteiger partial charge is 0.327 e. The zero-order valence-electron chi connectivity index (χ0n) is 10.6. The number of likely N-dealkylation sites (tertiary alicyclic amines) is 1. The number of fused-ring (bicyclic) bond motifs is 1. The highest BCUT2D eigenvalue weighted by molar-refractivity contribution is 5.34. The zero-order chi connectivity index (χ0) is 11.8. The highest BCUT2D eigenvalue weighted by Gasteiger charge is 2.32. The van der Waals surface area contributed by atoms with Gasteiger partial charge in [-0.05, 0) is 36.3 Å². The number of hydrogen-bond acceptors (Lipinski definition) is 2. The highest BCUT2D eigenvalue weighted by Crippen LogP contribution is 2.37. The van der Waals surface area contributed by atoms with Crippen molar-refractivity contribution in [2.45, 2.75) is 38.3 Å². The molecule has 3 atom stereocenters. The van der Waals surface area contributed by atoms with E-state index in [1.807, 2.05) is 0 Å². The molecule has 0 aromatic heterocycles. The summed E-state index contributed by atoms with van der Waals surface area (Å²) in [6.45, 7) is 4.61. The maximum absolute atomic E-state index is 6.16. The van der Waals surface area contributed by atoms with Crippen molar-refractivity contribution in [2.75, 3.05) is 13.1 Å². The Labute approximate surface area is 104 Å². The smallest absolute Gasteiger partial charge is 0.0354 e. The van der Waals surface area contributed by atoms with Crippen molar-refractivity contribution in [1.82, 2.24) is 4.90 Å². The Balaban J connectivity index is 1.82. The first-order valence-electron chi connectivity index (χ1n) is 6.81. The number of piperidine rings is 1. The van der Waals surface area contributed by atoms with Gasteiger partial charge < -0.3 is 5.73 Å². The standard InChI is InChI=1S/C15H22N2/c1-11-8-13(16)10-17(9-11)15-7-6-12-4-2-3-5-14(12)15/h2-5,11,13,15H,6-10,16H2,1H3. The van der Waals surface area contributed by atoms with Crippen molar-refractivity contribution >= 4 is 0 Å². The van der Waals surface area contributed by atoms with Crippen molar-refractivity contribution in [3.63, 3.8) is 0 Å². The molecule has 3 unspecified atom stereocenters. The van der Waals surface area contributed by atoms with Gasteiger partial charge in [-0.1, -0.05) is 31.2 Å². The quantitative estimate of drug-likeness (QED) is 0.802. The third-order valence-corrected chi connectivity index (χ3v) is 4.26. The molecule has 2 nitrogen and oxygen atoms in total. The van der Waals surface area contributed by atoms with E-state index < -0.39 is 0 Å². The topological polar surface area (TPSA) is 29.3 Å². The molecule has 1 aromatic carbocycles. The van der Waals surface area contributed by atoms with E-state index >= 15 is 0 Å². The summed E-state index contributed by atoms with van der Waals surface area (Å²) in [6, 6.07) is 9.91. The molecule has 2 heteroatoms. The molecule has 2 N–H and O–H groups in total. The van der Waals surface area contributed by atoms with Crippen LogP contribution in [0.4, 0.5) is 0 Å². The second-order valence-electron chi connectivity index (χ2n) is 5.81. The maximum atomic E-state index is 6.16. The first-order valence-corrected chi connectivity index (χ1v) is 6.81. The zero-order valence-corrected chi connectivity index (χ0v) is 10.6. The van der Waals surface area contributed by atoms with Crippen LogP contribution in [0.15, 0.2) is 24.3 Å². The summed E-state index contributed by atoms with van der Waals surface area (Å²) in [5, 5.41) is 0. The van der Waals surface area contributed by atoms with Crippen LogP contribution >= 0.6 is 0 Å². The Hall–Kier alpha value is -0.860. The van der Waals surface area contributed by atoms with Crippen LogP contribution in [0.5, 0.6) is 0 Å². The number of rotatable bonds is 1. The number of hydrogen-bond donors (Lipinski definition) is 1. The predicted molar refractivity (Wildman–Crippen MR) is 70.8 cm³/mol. The van der Waals surface area contributed by atoms with Crippen LogP contribution in [0.3, 0.4) is 0 Å². The van der Waals surface area contributed by atoms with Gasteiger partial charge in [-0.2, -0.15) is 0 Å². The van der Waals surface area contributed by atoms with Crippen LogP contribution in [0.2, 0.25) is 0 Å². The molecule has 0 bridgehead atoms. The van der Waals surface area contributed by atoms with Gasteiger partial charge >= 0.3 is 0 Å². The first kappa shape index (κ1) is 11.2. The Morgan fingerprint density at radius 1 is 1.24 bits per heavy atom. The number of aryl methyl sites for hydroxylation is 1. The third-order valence-electron chi connectivity index (χ3n) is 4.26. The minimum Gasteiger partial charge on any atom is -0.327 e. The van der Waals surface area contributed by atoms with Crippen molar-refractivity contribution in [1.29, 1.82) is 0 Å². The number of nitrogens with two attached hydrogens (primary N) is 1. The molecule has 2 aliphatic rings. The Kier molecular flexibility index (Phi) is 2.93. The van der Waals surface area contributed by atoms with Gasteiger partial charge in [-0.3, -0.25) is 4.90 Å². The summed E-state index contributed by atoms with van der Waals surface area (Å²) < 4.78 is 0. The number of benzene rings is 1. The molecule has 1 aliphatic carbocycles. The molecule has 1 saturated heterocycles. The van der Waals surface area contributed by atoms with Gasteiger partial charge in [-0.15, -0.1) is 0 Å².